The highest BCUT2D eigenvalue weighted by molar-refractivity contribution is 9.10. The molecule has 0 unspecified atom stereocenters. The number of nitrogens with zero attached hydrogens (tertiary/aromatic N) is 1. The van der Waals surface area contributed by atoms with Gasteiger partial charge in [0.2, 0.25) is 6.79 Å². The maximum absolute atomic E-state index is 12.0. The lowest BCUT2D eigenvalue weighted by atomic mass is 10.1. The number of hydrogen-bond donors (Lipinski definition) is 1. The second-order valence-electron chi connectivity index (χ2n) is 5.40. The van der Waals surface area contributed by atoms with Crippen LogP contribution in [0.3, 0.4) is 0 Å². The Morgan fingerprint density at radius 2 is 2.00 bits per heavy atom. The molecule has 1 aliphatic rings. The Kier molecular flexibility index (Phi) is 4.77. The highest BCUT2D eigenvalue weighted by Crippen LogP contribution is 2.36. The smallest absolute Gasteiger partial charge is 0.264 e. The van der Waals surface area contributed by atoms with Gasteiger partial charge < -0.3 is 14.2 Å². The Labute approximate surface area is 161 Å². The average Bonchev–Trinajstić information content (AvgIpc) is 3.29. The van der Waals surface area contributed by atoms with Gasteiger partial charge in [0, 0.05) is 15.4 Å². The van der Waals surface area contributed by atoms with E-state index in [1.165, 1.54) is 11.3 Å². The summed E-state index contributed by atoms with van der Waals surface area (Å²) in [6.45, 7) is 0.149. The minimum atomic E-state index is -0.264. The second-order valence-corrected chi connectivity index (χ2v) is 7.17. The van der Waals surface area contributed by atoms with E-state index in [9.17, 15) is 4.79 Å². The molecule has 0 aliphatic carbocycles. The van der Waals surface area contributed by atoms with Gasteiger partial charge in [0.15, 0.2) is 23.2 Å². The molecule has 0 bridgehead atoms. The van der Waals surface area contributed by atoms with E-state index in [1.807, 2.05) is 35.7 Å². The molecule has 0 saturated carbocycles. The summed E-state index contributed by atoms with van der Waals surface area (Å²) in [6, 6.07) is 12.9. The molecule has 3 aromatic rings. The van der Waals surface area contributed by atoms with Gasteiger partial charge in [-0.05, 0) is 42.5 Å². The van der Waals surface area contributed by atoms with Crippen LogP contribution in [-0.2, 0) is 4.79 Å². The largest absolute Gasteiger partial charge is 0.484 e. The fraction of sp³-hybridized carbons (Fsp3) is 0.111. The van der Waals surface area contributed by atoms with Crippen molar-refractivity contribution in [3.05, 3.63) is 52.3 Å². The number of ether oxygens (including phenoxy) is 3. The molecule has 0 radical (unpaired) electrons. The van der Waals surface area contributed by atoms with Crippen LogP contribution in [0.4, 0.5) is 5.13 Å². The zero-order valence-corrected chi connectivity index (χ0v) is 15.8. The topological polar surface area (TPSA) is 69.7 Å². The first kappa shape index (κ1) is 16.9. The number of hydrogen-bond acceptors (Lipinski definition) is 6. The highest BCUT2D eigenvalue weighted by atomic mass is 79.9. The van der Waals surface area contributed by atoms with Crippen LogP contribution in [0.15, 0.2) is 52.3 Å². The molecule has 2 heterocycles. The number of rotatable bonds is 5. The fourth-order valence-corrected chi connectivity index (χ4v) is 3.35. The van der Waals surface area contributed by atoms with Crippen LogP contribution in [0, 0.1) is 0 Å². The van der Waals surface area contributed by atoms with Gasteiger partial charge in [-0.2, -0.15) is 0 Å². The van der Waals surface area contributed by atoms with Crippen molar-refractivity contribution in [3.63, 3.8) is 0 Å². The van der Waals surface area contributed by atoms with Crippen molar-refractivity contribution in [1.82, 2.24) is 4.98 Å². The standard InChI is InChI=1S/C18H13BrN2O4S/c19-12-2-4-13(5-3-12)23-8-17(22)21-18-20-14(9-26-18)11-1-6-15-16(7-11)25-10-24-15/h1-7,9H,8,10H2,(H,20,21,22). The van der Waals surface area contributed by atoms with Crippen LogP contribution in [0.5, 0.6) is 17.2 Å². The second kappa shape index (κ2) is 7.35. The lowest BCUT2D eigenvalue weighted by Crippen LogP contribution is -2.20. The molecule has 1 amide bonds. The van der Waals surface area contributed by atoms with Gasteiger partial charge in [-0.25, -0.2) is 4.98 Å². The van der Waals surface area contributed by atoms with E-state index >= 15 is 0 Å². The number of carbonyl (C=O) groups is 1. The predicted molar refractivity (Wildman–Crippen MR) is 102 cm³/mol. The van der Waals surface area contributed by atoms with E-state index < -0.39 is 0 Å². The van der Waals surface area contributed by atoms with E-state index in [0.29, 0.717) is 16.6 Å². The van der Waals surface area contributed by atoms with Gasteiger partial charge in [-0.15, -0.1) is 11.3 Å². The fourth-order valence-electron chi connectivity index (χ4n) is 2.35. The Morgan fingerprint density at radius 1 is 1.19 bits per heavy atom. The number of amides is 1. The Morgan fingerprint density at radius 3 is 2.85 bits per heavy atom. The van der Waals surface area contributed by atoms with Crippen molar-refractivity contribution in [2.75, 3.05) is 18.7 Å². The first-order chi connectivity index (χ1) is 12.7. The molecule has 6 nitrogen and oxygen atoms in total. The highest BCUT2D eigenvalue weighted by Gasteiger charge is 2.15. The molecule has 1 N–H and O–H groups in total. The molecular formula is C18H13BrN2O4S. The third kappa shape index (κ3) is 3.81. The quantitative estimate of drug-likeness (QED) is 0.649. The zero-order chi connectivity index (χ0) is 17.9. The van der Waals surface area contributed by atoms with Crippen LogP contribution in [0.25, 0.3) is 11.3 Å². The minimum absolute atomic E-state index is 0.0828. The monoisotopic (exact) mass is 432 g/mol. The van der Waals surface area contributed by atoms with E-state index in [0.717, 1.165) is 21.5 Å². The van der Waals surface area contributed by atoms with Gasteiger partial charge in [-0.3, -0.25) is 10.1 Å². The molecule has 2 aromatic carbocycles. The third-order valence-corrected chi connectivity index (χ3v) is 4.89. The predicted octanol–water partition coefficient (Wildman–Crippen LogP) is 4.32. The number of benzene rings is 2. The number of carbonyl (C=O) groups excluding carboxylic acids is 1. The summed E-state index contributed by atoms with van der Waals surface area (Å²) in [5.74, 6) is 1.79. The van der Waals surface area contributed by atoms with Crippen molar-refractivity contribution in [1.29, 1.82) is 0 Å². The number of fused-ring (bicyclic) bond motifs is 1. The molecule has 0 fully saturated rings. The summed E-state index contributed by atoms with van der Waals surface area (Å²) in [7, 11) is 0. The van der Waals surface area contributed by atoms with Gasteiger partial charge in [0.25, 0.3) is 5.91 Å². The molecular weight excluding hydrogens is 420 g/mol. The van der Waals surface area contributed by atoms with Crippen molar-refractivity contribution in [3.8, 4) is 28.5 Å². The van der Waals surface area contributed by atoms with Crippen LogP contribution >= 0.6 is 27.3 Å². The molecule has 0 spiro atoms. The lowest BCUT2D eigenvalue weighted by molar-refractivity contribution is -0.118. The third-order valence-electron chi connectivity index (χ3n) is 3.60. The summed E-state index contributed by atoms with van der Waals surface area (Å²) in [4.78, 5) is 16.5. The summed E-state index contributed by atoms with van der Waals surface area (Å²) in [5.41, 5.74) is 1.66. The van der Waals surface area contributed by atoms with Gasteiger partial charge in [0.1, 0.15) is 5.75 Å². The average molecular weight is 433 g/mol. The molecule has 1 aliphatic heterocycles. The summed E-state index contributed by atoms with van der Waals surface area (Å²) in [5, 5.41) is 5.14. The maximum atomic E-state index is 12.0. The number of aromatic nitrogens is 1. The lowest BCUT2D eigenvalue weighted by Gasteiger charge is -2.05. The molecule has 132 valence electrons. The molecule has 1 aromatic heterocycles. The first-order valence-electron chi connectivity index (χ1n) is 7.71. The minimum Gasteiger partial charge on any atom is -0.484 e. The zero-order valence-electron chi connectivity index (χ0n) is 13.4. The molecule has 8 heteroatoms. The summed E-state index contributed by atoms with van der Waals surface area (Å²) < 4.78 is 17.1. The van der Waals surface area contributed by atoms with Crippen LogP contribution in [0.1, 0.15) is 0 Å². The van der Waals surface area contributed by atoms with E-state index in [2.05, 4.69) is 26.2 Å². The maximum Gasteiger partial charge on any atom is 0.264 e. The van der Waals surface area contributed by atoms with Gasteiger partial charge >= 0.3 is 0 Å². The Hall–Kier alpha value is -2.58. The van der Waals surface area contributed by atoms with Crippen molar-refractivity contribution in [2.24, 2.45) is 0 Å². The van der Waals surface area contributed by atoms with E-state index in [-0.39, 0.29) is 19.3 Å². The van der Waals surface area contributed by atoms with Crippen LogP contribution in [-0.4, -0.2) is 24.3 Å². The van der Waals surface area contributed by atoms with E-state index in [1.54, 1.807) is 12.1 Å². The molecule has 0 atom stereocenters. The summed E-state index contributed by atoms with van der Waals surface area (Å²) >= 11 is 4.70. The van der Waals surface area contributed by atoms with Crippen LogP contribution in [0.2, 0.25) is 0 Å². The van der Waals surface area contributed by atoms with Gasteiger partial charge in [-0.1, -0.05) is 15.9 Å². The number of halogens is 1. The Bertz CT molecular complexity index is 943. The van der Waals surface area contributed by atoms with Crippen LogP contribution < -0.4 is 19.5 Å². The first-order valence-corrected chi connectivity index (χ1v) is 9.38. The molecule has 0 saturated heterocycles. The SMILES string of the molecule is O=C(COc1ccc(Br)cc1)Nc1nc(-c2ccc3c(c2)OCO3)cs1. The number of nitrogens with one attached hydrogen (secondary N) is 1. The summed E-state index contributed by atoms with van der Waals surface area (Å²) in [6.07, 6.45) is 0. The molecule has 26 heavy (non-hydrogen) atoms. The van der Waals surface area contributed by atoms with Crippen molar-refractivity contribution < 1.29 is 19.0 Å². The van der Waals surface area contributed by atoms with Gasteiger partial charge in [0.05, 0.1) is 5.69 Å². The Balaban J connectivity index is 1.37. The van der Waals surface area contributed by atoms with Crippen molar-refractivity contribution in [2.45, 2.75) is 0 Å². The molecule has 4 rings (SSSR count). The normalized spacial score (nSPS) is 12.0. The number of anilines is 1. The van der Waals surface area contributed by atoms with E-state index in [4.69, 9.17) is 14.2 Å². The van der Waals surface area contributed by atoms with Crippen molar-refractivity contribution >= 4 is 38.3 Å². The number of thiazole rings is 1.